The topological polar surface area (TPSA) is 78.9 Å². The predicted molar refractivity (Wildman–Crippen MR) is 335 cm³/mol. The van der Waals surface area contributed by atoms with Gasteiger partial charge in [-0.15, -0.1) is 0 Å². The molecule has 0 saturated carbocycles. The van der Waals surface area contributed by atoms with Crippen molar-refractivity contribution < 1.29 is 28.6 Å². The molecule has 0 N–H and O–H groups in total. The Kier molecular flexibility index (Phi) is 62.7. The maximum Gasteiger partial charge on any atom is 0.306 e. The van der Waals surface area contributed by atoms with Crippen molar-refractivity contribution in [2.24, 2.45) is 0 Å². The third-order valence-corrected chi connectivity index (χ3v) is 14.7. The van der Waals surface area contributed by atoms with Gasteiger partial charge < -0.3 is 14.2 Å². The summed E-state index contributed by atoms with van der Waals surface area (Å²) in [6.45, 7) is 6.55. The number of unbranched alkanes of at least 4 members (excludes halogenated alkanes) is 38. The largest absolute Gasteiger partial charge is 0.462 e. The van der Waals surface area contributed by atoms with Gasteiger partial charge in [-0.2, -0.15) is 0 Å². The molecule has 0 rings (SSSR count). The van der Waals surface area contributed by atoms with Gasteiger partial charge in [0.25, 0.3) is 0 Å². The summed E-state index contributed by atoms with van der Waals surface area (Å²) in [4.78, 5) is 38.3. The Morgan fingerprint density at radius 3 is 0.805 bits per heavy atom. The SMILES string of the molecule is CC/C=C\C/C=C\C/C=C\C/C=C\CCCCCCCCCCCCCCCCCCC(=O)OCC(COC(=O)CCCCCCC/C=C\CCCCCCCC)OC(=O)CCCCCCC/C=C\CCCCCCCC. The van der Waals surface area contributed by atoms with E-state index in [1.165, 1.54) is 199 Å². The first-order valence-corrected chi connectivity index (χ1v) is 33.4. The fraction of sp³-hybridized carbons (Fsp3) is 0.789. The van der Waals surface area contributed by atoms with Gasteiger partial charge in [0.15, 0.2) is 6.10 Å². The van der Waals surface area contributed by atoms with Crippen molar-refractivity contribution in [3.63, 3.8) is 0 Å². The first kappa shape index (κ1) is 73.8. The second-order valence-electron chi connectivity index (χ2n) is 22.3. The van der Waals surface area contributed by atoms with Crippen molar-refractivity contribution in [1.82, 2.24) is 0 Å². The lowest BCUT2D eigenvalue weighted by atomic mass is 10.0. The zero-order chi connectivity index (χ0) is 55.7. The fourth-order valence-electron chi connectivity index (χ4n) is 9.66. The average Bonchev–Trinajstić information content (AvgIpc) is 3.43. The number of hydrogen-bond acceptors (Lipinski definition) is 6. The van der Waals surface area contributed by atoms with Gasteiger partial charge >= 0.3 is 17.9 Å². The zero-order valence-corrected chi connectivity index (χ0v) is 51.2. The van der Waals surface area contributed by atoms with Crippen molar-refractivity contribution >= 4 is 17.9 Å². The molecule has 0 bridgehead atoms. The average molecular weight is 1080 g/mol. The van der Waals surface area contributed by atoms with E-state index in [2.05, 4.69) is 93.7 Å². The van der Waals surface area contributed by atoms with Gasteiger partial charge in [-0.05, 0) is 109 Å². The Hall–Kier alpha value is -3.15. The second kappa shape index (κ2) is 65.4. The number of allylic oxidation sites excluding steroid dienone is 12. The highest BCUT2D eigenvalue weighted by Gasteiger charge is 2.19. The van der Waals surface area contributed by atoms with Crippen molar-refractivity contribution in [3.05, 3.63) is 72.9 Å². The molecular weight excluding hydrogens is 949 g/mol. The number of esters is 3. The standard InChI is InChI=1S/C71H126O6/c1-4-7-10-13-16-19-22-25-28-29-30-31-32-33-34-35-36-37-38-39-40-41-44-46-49-52-55-58-61-64-70(73)76-67-68(77-71(74)65-62-59-56-53-50-47-43-27-24-21-18-15-12-9-6-3)66-75-69(72)63-60-57-54-51-48-45-42-26-23-20-17-14-11-8-5-2/h7,10,16,19,25-28,30-31,42-43,68H,4-6,8-9,11-15,17-18,20-24,29,32-41,44-67H2,1-3H3/b10-7-,19-16-,28-25-,31-30-,42-26-,43-27-. The Morgan fingerprint density at radius 2 is 0.506 bits per heavy atom. The van der Waals surface area contributed by atoms with E-state index in [1.807, 2.05) is 0 Å². The normalized spacial score (nSPS) is 12.5. The van der Waals surface area contributed by atoms with Crippen LogP contribution in [-0.2, 0) is 28.6 Å². The minimum atomic E-state index is -0.782. The fourth-order valence-corrected chi connectivity index (χ4v) is 9.66. The molecule has 446 valence electrons. The molecule has 0 heterocycles. The summed E-state index contributed by atoms with van der Waals surface area (Å²) in [7, 11) is 0. The number of hydrogen-bond donors (Lipinski definition) is 0. The molecule has 0 fully saturated rings. The maximum atomic E-state index is 12.9. The lowest BCUT2D eigenvalue weighted by Gasteiger charge is -2.18. The van der Waals surface area contributed by atoms with Crippen LogP contribution < -0.4 is 0 Å². The van der Waals surface area contributed by atoms with Crippen LogP contribution in [-0.4, -0.2) is 37.2 Å². The minimum absolute atomic E-state index is 0.0780. The minimum Gasteiger partial charge on any atom is -0.462 e. The quantitative estimate of drug-likeness (QED) is 0.0261. The van der Waals surface area contributed by atoms with Crippen LogP contribution >= 0.6 is 0 Å². The molecule has 0 aliphatic rings. The van der Waals surface area contributed by atoms with Gasteiger partial charge in [0.05, 0.1) is 0 Å². The molecule has 1 atom stereocenters. The van der Waals surface area contributed by atoms with Gasteiger partial charge in [0, 0.05) is 19.3 Å². The highest BCUT2D eigenvalue weighted by atomic mass is 16.6. The van der Waals surface area contributed by atoms with Crippen molar-refractivity contribution in [2.45, 2.75) is 348 Å². The molecular formula is C71H126O6. The van der Waals surface area contributed by atoms with E-state index >= 15 is 0 Å². The summed E-state index contributed by atoms with van der Waals surface area (Å²) in [5.41, 5.74) is 0. The molecule has 0 aliphatic carbocycles. The van der Waals surface area contributed by atoms with Crippen LogP contribution in [0.2, 0.25) is 0 Å². The molecule has 0 amide bonds. The summed E-state index contributed by atoms with van der Waals surface area (Å²) in [6, 6.07) is 0. The van der Waals surface area contributed by atoms with Crippen LogP contribution in [0.3, 0.4) is 0 Å². The Morgan fingerprint density at radius 1 is 0.273 bits per heavy atom. The summed E-state index contributed by atoms with van der Waals surface area (Å²) >= 11 is 0. The Labute approximate surface area is 478 Å². The molecule has 0 saturated heterocycles. The van der Waals surface area contributed by atoms with E-state index in [9.17, 15) is 14.4 Å². The highest BCUT2D eigenvalue weighted by Crippen LogP contribution is 2.17. The maximum absolute atomic E-state index is 12.9. The number of rotatable bonds is 61. The third kappa shape index (κ3) is 63.6. The van der Waals surface area contributed by atoms with Crippen LogP contribution in [0, 0.1) is 0 Å². The predicted octanol–water partition coefficient (Wildman–Crippen LogP) is 22.9. The van der Waals surface area contributed by atoms with Crippen LogP contribution in [0.4, 0.5) is 0 Å². The molecule has 0 aliphatic heterocycles. The van der Waals surface area contributed by atoms with Gasteiger partial charge in [0.2, 0.25) is 0 Å². The molecule has 0 aromatic heterocycles. The first-order chi connectivity index (χ1) is 38.0. The first-order valence-electron chi connectivity index (χ1n) is 33.4. The smallest absolute Gasteiger partial charge is 0.306 e. The van der Waals surface area contributed by atoms with Gasteiger partial charge in [0.1, 0.15) is 13.2 Å². The number of ether oxygens (including phenoxy) is 3. The monoisotopic (exact) mass is 1070 g/mol. The van der Waals surface area contributed by atoms with E-state index in [-0.39, 0.29) is 31.1 Å². The van der Waals surface area contributed by atoms with Gasteiger partial charge in [-0.3, -0.25) is 14.4 Å². The molecule has 0 aromatic rings. The van der Waals surface area contributed by atoms with E-state index in [1.54, 1.807) is 0 Å². The van der Waals surface area contributed by atoms with E-state index in [0.29, 0.717) is 19.3 Å². The van der Waals surface area contributed by atoms with E-state index < -0.39 is 6.10 Å². The van der Waals surface area contributed by atoms with Gasteiger partial charge in [-0.1, -0.05) is 286 Å². The lowest BCUT2D eigenvalue weighted by Crippen LogP contribution is -2.30. The highest BCUT2D eigenvalue weighted by molar-refractivity contribution is 5.71. The number of carbonyl (C=O) groups is 3. The van der Waals surface area contributed by atoms with Crippen LogP contribution in [0.25, 0.3) is 0 Å². The molecule has 0 radical (unpaired) electrons. The van der Waals surface area contributed by atoms with Crippen molar-refractivity contribution in [1.29, 1.82) is 0 Å². The molecule has 0 aromatic carbocycles. The third-order valence-electron chi connectivity index (χ3n) is 14.7. The summed E-state index contributed by atoms with van der Waals surface area (Å²) in [5.74, 6) is -0.878. The van der Waals surface area contributed by atoms with Crippen LogP contribution in [0.1, 0.15) is 342 Å². The lowest BCUT2D eigenvalue weighted by molar-refractivity contribution is -0.167. The Balaban J connectivity index is 4.23. The van der Waals surface area contributed by atoms with E-state index in [4.69, 9.17) is 14.2 Å². The van der Waals surface area contributed by atoms with Crippen LogP contribution in [0.15, 0.2) is 72.9 Å². The van der Waals surface area contributed by atoms with Crippen LogP contribution in [0.5, 0.6) is 0 Å². The Bertz CT molecular complexity index is 1420. The summed E-state index contributed by atoms with van der Waals surface area (Å²) in [5, 5.41) is 0. The van der Waals surface area contributed by atoms with Crippen molar-refractivity contribution in [3.8, 4) is 0 Å². The molecule has 6 nitrogen and oxygen atoms in total. The number of carbonyl (C=O) groups excluding carboxylic acids is 3. The van der Waals surface area contributed by atoms with E-state index in [0.717, 1.165) is 103 Å². The van der Waals surface area contributed by atoms with Gasteiger partial charge in [-0.25, -0.2) is 0 Å². The van der Waals surface area contributed by atoms with Crippen molar-refractivity contribution in [2.75, 3.05) is 13.2 Å². The summed E-state index contributed by atoms with van der Waals surface area (Å²) in [6.07, 6.45) is 84.9. The molecule has 6 heteroatoms. The molecule has 77 heavy (non-hydrogen) atoms. The molecule has 1 unspecified atom stereocenters. The summed E-state index contributed by atoms with van der Waals surface area (Å²) < 4.78 is 16.9. The molecule has 0 spiro atoms. The zero-order valence-electron chi connectivity index (χ0n) is 51.2. The second-order valence-corrected chi connectivity index (χ2v) is 22.3.